The maximum absolute atomic E-state index is 13.1. The molecule has 0 saturated carbocycles. The van der Waals surface area contributed by atoms with Crippen molar-refractivity contribution >= 4 is 46.3 Å². The Morgan fingerprint density at radius 2 is 1.85 bits per heavy atom. The zero-order valence-corrected chi connectivity index (χ0v) is 23.0. The van der Waals surface area contributed by atoms with Gasteiger partial charge in [0.25, 0.3) is 11.8 Å². The van der Waals surface area contributed by atoms with Crippen molar-refractivity contribution in [2.75, 3.05) is 43.4 Å². The molecule has 0 aliphatic carbocycles. The summed E-state index contributed by atoms with van der Waals surface area (Å²) in [6.07, 6.45) is 5.10. The molecule has 4 aromatic rings. The number of hydrogen-bond acceptors (Lipinski definition) is 7. The first kappa shape index (κ1) is 26.3. The number of aliphatic imine (C=N–C) groups is 1. The number of amides is 2. The molecule has 1 saturated heterocycles. The van der Waals surface area contributed by atoms with E-state index in [1.165, 1.54) is 0 Å². The lowest BCUT2D eigenvalue weighted by molar-refractivity contribution is -0.115. The van der Waals surface area contributed by atoms with Crippen molar-refractivity contribution in [3.8, 4) is 0 Å². The average Bonchev–Trinajstić information content (AvgIpc) is 3.55. The van der Waals surface area contributed by atoms with Crippen molar-refractivity contribution in [1.82, 2.24) is 25.5 Å². The van der Waals surface area contributed by atoms with E-state index in [9.17, 15) is 9.59 Å². The van der Waals surface area contributed by atoms with Crippen LogP contribution in [0.3, 0.4) is 0 Å². The van der Waals surface area contributed by atoms with E-state index in [-0.39, 0.29) is 23.6 Å². The van der Waals surface area contributed by atoms with Gasteiger partial charge >= 0.3 is 0 Å². The molecule has 0 bridgehead atoms. The van der Waals surface area contributed by atoms with E-state index in [2.05, 4.69) is 47.8 Å². The number of aromatic amines is 1. The molecule has 10 heteroatoms. The number of carbonyl (C=O) groups is 2. The molecule has 4 N–H and O–H groups in total. The van der Waals surface area contributed by atoms with Gasteiger partial charge in [-0.15, -0.1) is 0 Å². The van der Waals surface area contributed by atoms with Gasteiger partial charge in [-0.25, -0.2) is 9.98 Å². The van der Waals surface area contributed by atoms with Crippen molar-refractivity contribution in [2.24, 2.45) is 4.99 Å². The number of anilines is 2. The fourth-order valence-corrected chi connectivity index (χ4v) is 5.04. The molecule has 4 heterocycles. The number of aromatic nitrogens is 2. The summed E-state index contributed by atoms with van der Waals surface area (Å²) >= 11 is 0. The Bertz CT molecular complexity index is 1650. The molecule has 2 aromatic carbocycles. The highest BCUT2D eigenvalue weighted by Crippen LogP contribution is 2.25. The summed E-state index contributed by atoms with van der Waals surface area (Å²) in [6.45, 7) is 5.86. The standard InChI is InChI=1S/C31H32N8O2/c1-20(21-7-4-3-5-8-21)34-31-36-27(30(41)37-31)16-23-18-32-28-26(23)17-24(19-33-28)35-29(40)22-9-6-10-25(15-22)39-13-11-38(2)12-14-39/h3-10,15-20H,11-14H2,1-2H3,(H,32,33)(H,35,40)(H2,34,36,37,41). The van der Waals surface area contributed by atoms with Crippen LogP contribution in [0.1, 0.15) is 34.5 Å². The number of pyridine rings is 1. The third-order valence-corrected chi connectivity index (χ3v) is 7.44. The number of benzene rings is 2. The number of likely N-dealkylation sites (N-methyl/N-ethyl adjacent to an activating group) is 1. The molecule has 0 radical (unpaired) electrons. The average molecular weight is 549 g/mol. The quantitative estimate of drug-likeness (QED) is 0.273. The molecule has 0 spiro atoms. The van der Waals surface area contributed by atoms with E-state index >= 15 is 0 Å². The van der Waals surface area contributed by atoms with Crippen LogP contribution < -0.4 is 20.9 Å². The third kappa shape index (κ3) is 5.82. The minimum Gasteiger partial charge on any atom is -0.369 e. The lowest BCUT2D eigenvalue weighted by Gasteiger charge is -2.34. The number of nitrogens with one attached hydrogen (secondary N) is 4. The van der Waals surface area contributed by atoms with Gasteiger partial charge in [-0.3, -0.25) is 14.9 Å². The molecule has 2 amide bonds. The molecule has 6 rings (SSSR count). The number of piperazine rings is 1. The highest BCUT2D eigenvalue weighted by atomic mass is 16.2. The smallest absolute Gasteiger partial charge is 0.276 e. The highest BCUT2D eigenvalue weighted by Gasteiger charge is 2.22. The fourth-order valence-electron chi connectivity index (χ4n) is 5.04. The predicted molar refractivity (Wildman–Crippen MR) is 162 cm³/mol. The molecule has 1 atom stereocenters. The summed E-state index contributed by atoms with van der Waals surface area (Å²) < 4.78 is 0. The lowest BCUT2D eigenvalue weighted by atomic mass is 10.1. The van der Waals surface area contributed by atoms with Gasteiger partial charge in [0.05, 0.1) is 17.9 Å². The number of hydrogen-bond donors (Lipinski definition) is 4. The molecule has 2 aliphatic rings. The summed E-state index contributed by atoms with van der Waals surface area (Å²) in [4.78, 5) is 42.5. The Morgan fingerprint density at radius 1 is 1.05 bits per heavy atom. The van der Waals surface area contributed by atoms with Gasteiger partial charge in [0.1, 0.15) is 11.3 Å². The van der Waals surface area contributed by atoms with Crippen LogP contribution in [0.2, 0.25) is 0 Å². The molecule has 1 fully saturated rings. The van der Waals surface area contributed by atoms with Gasteiger partial charge in [0, 0.05) is 54.6 Å². The summed E-state index contributed by atoms with van der Waals surface area (Å²) in [7, 11) is 2.12. The summed E-state index contributed by atoms with van der Waals surface area (Å²) in [6, 6.07) is 19.5. The minimum atomic E-state index is -0.292. The van der Waals surface area contributed by atoms with E-state index in [0.717, 1.165) is 48.4 Å². The van der Waals surface area contributed by atoms with Crippen molar-refractivity contribution in [2.45, 2.75) is 13.0 Å². The Hall–Kier alpha value is -4.96. The Labute approximate surface area is 238 Å². The number of H-pyrrole nitrogens is 1. The first-order valence-corrected chi connectivity index (χ1v) is 13.7. The fraction of sp³-hybridized carbons (Fsp3) is 0.226. The van der Waals surface area contributed by atoms with Gasteiger partial charge in [-0.05, 0) is 49.9 Å². The van der Waals surface area contributed by atoms with Crippen LogP contribution >= 0.6 is 0 Å². The van der Waals surface area contributed by atoms with Crippen LogP contribution in [-0.2, 0) is 4.79 Å². The second kappa shape index (κ2) is 11.3. The van der Waals surface area contributed by atoms with Crippen LogP contribution in [0.4, 0.5) is 11.4 Å². The van der Waals surface area contributed by atoms with Gasteiger partial charge in [0.15, 0.2) is 0 Å². The largest absolute Gasteiger partial charge is 0.369 e. The van der Waals surface area contributed by atoms with E-state index < -0.39 is 0 Å². The molecule has 1 unspecified atom stereocenters. The number of nitrogens with zero attached hydrogens (tertiary/aromatic N) is 4. The second-order valence-electron chi connectivity index (χ2n) is 10.4. The summed E-state index contributed by atoms with van der Waals surface area (Å²) in [5.41, 5.74) is 4.94. The van der Waals surface area contributed by atoms with Crippen LogP contribution in [0.5, 0.6) is 0 Å². The molecule has 41 heavy (non-hydrogen) atoms. The molecule has 208 valence electrons. The van der Waals surface area contributed by atoms with E-state index in [1.54, 1.807) is 18.5 Å². The van der Waals surface area contributed by atoms with Crippen molar-refractivity contribution in [3.05, 3.63) is 95.4 Å². The zero-order valence-electron chi connectivity index (χ0n) is 23.0. The van der Waals surface area contributed by atoms with Crippen molar-refractivity contribution < 1.29 is 9.59 Å². The molecule has 2 aliphatic heterocycles. The van der Waals surface area contributed by atoms with Crippen molar-refractivity contribution in [1.29, 1.82) is 0 Å². The highest BCUT2D eigenvalue weighted by molar-refractivity contribution is 6.14. The number of rotatable bonds is 6. The van der Waals surface area contributed by atoms with E-state index in [1.807, 2.05) is 67.6 Å². The zero-order chi connectivity index (χ0) is 28.3. The van der Waals surface area contributed by atoms with Gasteiger partial charge in [-0.1, -0.05) is 36.4 Å². The monoisotopic (exact) mass is 548 g/mol. The number of guanidine groups is 1. The Morgan fingerprint density at radius 3 is 2.66 bits per heavy atom. The molecular formula is C31H32N8O2. The number of carbonyl (C=O) groups excluding carboxylic acids is 2. The number of fused-ring (bicyclic) bond motifs is 1. The lowest BCUT2D eigenvalue weighted by Crippen LogP contribution is -2.44. The van der Waals surface area contributed by atoms with Crippen molar-refractivity contribution in [3.63, 3.8) is 0 Å². The summed E-state index contributed by atoms with van der Waals surface area (Å²) in [5, 5.41) is 9.78. The third-order valence-electron chi connectivity index (χ3n) is 7.44. The van der Waals surface area contributed by atoms with Crippen LogP contribution in [-0.4, -0.2) is 65.9 Å². The molecule has 2 aromatic heterocycles. The molecular weight excluding hydrogens is 516 g/mol. The topological polar surface area (TPSA) is 118 Å². The predicted octanol–water partition coefficient (Wildman–Crippen LogP) is 3.74. The van der Waals surface area contributed by atoms with Gasteiger partial charge in [-0.2, -0.15) is 0 Å². The van der Waals surface area contributed by atoms with Crippen LogP contribution in [0.15, 0.2) is 83.7 Å². The van der Waals surface area contributed by atoms with Gasteiger partial charge < -0.3 is 25.4 Å². The normalized spacial score (nSPS) is 17.4. The first-order chi connectivity index (χ1) is 19.9. The minimum absolute atomic E-state index is 0.0275. The van der Waals surface area contributed by atoms with Crippen LogP contribution in [0.25, 0.3) is 17.1 Å². The maximum Gasteiger partial charge on any atom is 0.276 e. The summed E-state index contributed by atoms with van der Waals surface area (Å²) in [5.74, 6) is -0.0947. The maximum atomic E-state index is 13.1. The first-order valence-electron chi connectivity index (χ1n) is 13.7. The molecule has 10 nitrogen and oxygen atoms in total. The Balaban J connectivity index is 1.18. The SMILES string of the molecule is CC(NC1=NC(=Cc2c[nH]c3ncc(NC(=O)c4cccc(N5CCN(C)CC5)c4)cc23)C(=O)N1)c1ccccc1. The Kier molecular flexibility index (Phi) is 7.22. The van der Waals surface area contributed by atoms with Crippen LogP contribution in [0, 0.1) is 0 Å². The van der Waals surface area contributed by atoms with E-state index in [4.69, 9.17) is 0 Å². The second-order valence-corrected chi connectivity index (χ2v) is 10.4. The van der Waals surface area contributed by atoms with Gasteiger partial charge in [0.2, 0.25) is 5.96 Å². The van der Waals surface area contributed by atoms with E-state index in [0.29, 0.717) is 22.9 Å².